The maximum Gasteiger partial charge on any atom is 0.433 e. The number of carboxylic acid groups (broad SMARTS) is 1. The number of amidine groups is 1. The van der Waals surface area contributed by atoms with Crippen molar-refractivity contribution in [1.29, 1.82) is 0 Å². The minimum Gasteiger partial charge on any atom is -0.480 e. The molecule has 0 bridgehead atoms. The molecule has 0 aliphatic carbocycles. The molecule has 0 radical (unpaired) electrons. The number of hydrogen-bond donors (Lipinski definition) is 4. The molecule has 7 aromatic heterocycles. The Morgan fingerprint density at radius 1 is 0.533 bits per heavy atom. The Morgan fingerprint density at radius 3 is 1.28 bits per heavy atom. The van der Waals surface area contributed by atoms with Crippen LogP contribution >= 0.6 is 11.6 Å². The van der Waals surface area contributed by atoms with Gasteiger partial charge in [-0.25, -0.2) is 44.7 Å². The number of carboxylic acids is 1. The standard InChI is InChI=1S/C13H11F3N4O.C13H10F3N3O2.C7H6ClNO2.C7H7NO3.C6H5F3N2/c1-21-12-9(3-2-6-18-12)11(17)20-8-4-5-10(19-7-8)13(14,15)16;1-21-12-9(3-2-6-17-12)11(20)19-8-4-5-10(18-7-8)13(14,15)16;1-11-7-5(6(8)10)3-2-4-9-7;1-11-6-5(7(9)10)3-2-4-8-6;7-6(8,9)5-2-1-4(10)3-11-5/h2-7H,1H3,(H2,17,20);2-7H,1H3,(H,19,20);2-4H,1H3;2-4H,1H3,(H,9,10);1-3H,10H2. The monoisotopic (exact) mass is 1080 g/mol. The SMILES string of the molecule is COc1ncccc1C(=O)Cl.COc1ncccc1C(=O)Nc1ccc(C(F)(F)F)nc1.COc1ncccc1C(=O)O.COc1ncccc1C(N)=Nc1ccc(C(F)(F)F)nc1.Nc1ccc(C(F)(F)F)nc1. The number of aliphatic imine (C=N–C) groups is 1. The molecule has 19 nitrogen and oxygen atoms in total. The van der Waals surface area contributed by atoms with Gasteiger partial charge in [-0.15, -0.1) is 0 Å². The molecule has 0 saturated carbocycles. The smallest absolute Gasteiger partial charge is 0.433 e. The molecule has 1 amide bonds. The lowest BCUT2D eigenvalue weighted by atomic mass is 10.2. The number of nitrogens with one attached hydrogen (secondary N) is 1. The number of nitrogens with zero attached hydrogens (tertiary/aromatic N) is 8. The number of amides is 1. The van der Waals surface area contributed by atoms with E-state index in [1.165, 1.54) is 71.4 Å². The number of aromatic carboxylic acids is 1. The summed E-state index contributed by atoms with van der Waals surface area (Å²) in [4.78, 5) is 62.1. The van der Waals surface area contributed by atoms with Crippen LogP contribution in [0.3, 0.4) is 0 Å². The molecule has 7 aromatic rings. The summed E-state index contributed by atoms with van der Waals surface area (Å²) in [5.74, 6) is -0.723. The van der Waals surface area contributed by atoms with Gasteiger partial charge in [0.05, 0.1) is 75.2 Å². The first-order valence-electron chi connectivity index (χ1n) is 20.2. The zero-order valence-electron chi connectivity index (χ0n) is 38.9. The van der Waals surface area contributed by atoms with Crippen LogP contribution in [0.25, 0.3) is 0 Å². The van der Waals surface area contributed by atoms with Crippen LogP contribution in [0.15, 0.2) is 133 Å². The third-order valence-electron chi connectivity index (χ3n) is 8.50. The molecular formula is C46H39ClF9N11O8. The molecule has 0 aromatic carbocycles. The van der Waals surface area contributed by atoms with E-state index in [2.05, 4.69) is 45.2 Å². The van der Waals surface area contributed by atoms with Crippen LogP contribution in [0.4, 0.5) is 56.6 Å². The van der Waals surface area contributed by atoms with E-state index >= 15 is 0 Å². The lowest BCUT2D eigenvalue weighted by Crippen LogP contribution is -2.14. The number of nitrogen functional groups attached to an aromatic ring is 1. The Hall–Kier alpha value is -9.21. The highest BCUT2D eigenvalue weighted by Crippen LogP contribution is 2.30. The zero-order chi connectivity index (χ0) is 55.9. The quantitative estimate of drug-likeness (QED) is 0.0430. The number of ether oxygens (including phenoxy) is 4. The second-order valence-electron chi connectivity index (χ2n) is 13.6. The third-order valence-corrected chi connectivity index (χ3v) is 8.70. The van der Waals surface area contributed by atoms with E-state index in [1.807, 2.05) is 0 Å². The largest absolute Gasteiger partial charge is 0.480 e. The maximum absolute atomic E-state index is 12.4. The second kappa shape index (κ2) is 28.1. The molecule has 396 valence electrons. The van der Waals surface area contributed by atoms with E-state index < -0.39 is 52.7 Å². The number of hydrogen-bond acceptors (Lipinski definition) is 16. The molecular weight excluding hydrogens is 1040 g/mol. The van der Waals surface area contributed by atoms with Gasteiger partial charge in [-0.05, 0) is 96.5 Å². The van der Waals surface area contributed by atoms with Crippen molar-refractivity contribution in [3.8, 4) is 23.5 Å². The molecule has 0 atom stereocenters. The highest BCUT2D eigenvalue weighted by Gasteiger charge is 2.33. The third kappa shape index (κ3) is 19.4. The van der Waals surface area contributed by atoms with E-state index in [0.29, 0.717) is 5.56 Å². The summed E-state index contributed by atoms with van der Waals surface area (Å²) in [7, 11) is 5.61. The molecule has 7 rings (SSSR count). The summed E-state index contributed by atoms with van der Waals surface area (Å²) in [6.07, 6.45) is -4.49. The predicted molar refractivity (Wildman–Crippen MR) is 251 cm³/mol. The van der Waals surface area contributed by atoms with Crippen molar-refractivity contribution in [1.82, 2.24) is 34.9 Å². The molecule has 0 aliphatic rings. The number of anilines is 2. The summed E-state index contributed by atoms with van der Waals surface area (Å²) >= 11 is 5.23. The van der Waals surface area contributed by atoms with Gasteiger partial charge in [0.15, 0.2) is 0 Å². The average molecular weight is 1080 g/mol. The number of carbonyl (C=O) groups excluding carboxylic acids is 2. The number of methoxy groups -OCH3 is 4. The molecule has 75 heavy (non-hydrogen) atoms. The van der Waals surface area contributed by atoms with Gasteiger partial charge in [0.25, 0.3) is 11.1 Å². The number of pyridine rings is 7. The second-order valence-corrected chi connectivity index (χ2v) is 13.9. The van der Waals surface area contributed by atoms with Crippen LogP contribution in [-0.2, 0) is 18.5 Å². The molecule has 6 N–H and O–H groups in total. The van der Waals surface area contributed by atoms with Crippen molar-refractivity contribution >= 4 is 51.6 Å². The van der Waals surface area contributed by atoms with E-state index in [4.69, 9.17) is 47.1 Å². The van der Waals surface area contributed by atoms with Gasteiger partial charge in [0, 0.05) is 24.8 Å². The van der Waals surface area contributed by atoms with Crippen molar-refractivity contribution in [2.75, 3.05) is 39.5 Å². The molecule has 0 aliphatic heterocycles. The van der Waals surface area contributed by atoms with Crippen molar-refractivity contribution in [3.05, 3.63) is 168 Å². The van der Waals surface area contributed by atoms with Crippen LogP contribution in [-0.4, -0.2) is 91.4 Å². The number of halogens is 10. The van der Waals surface area contributed by atoms with Crippen LogP contribution in [0.1, 0.15) is 53.7 Å². The zero-order valence-corrected chi connectivity index (χ0v) is 39.7. The normalized spacial score (nSPS) is 10.9. The topological polar surface area (TPSA) is 275 Å². The average Bonchev–Trinajstić information content (AvgIpc) is 3.38. The van der Waals surface area contributed by atoms with Gasteiger partial charge in [0.1, 0.15) is 34.0 Å². The van der Waals surface area contributed by atoms with Gasteiger partial charge in [-0.3, -0.25) is 9.59 Å². The fourth-order valence-electron chi connectivity index (χ4n) is 5.12. The van der Waals surface area contributed by atoms with E-state index in [0.717, 1.165) is 48.9 Å². The highest BCUT2D eigenvalue weighted by atomic mass is 35.5. The Labute approximate surface area is 423 Å². The summed E-state index contributed by atoms with van der Waals surface area (Å²) in [5, 5.41) is 10.4. The molecule has 29 heteroatoms. The van der Waals surface area contributed by atoms with Gasteiger partial charge in [0.2, 0.25) is 23.5 Å². The number of carbonyl (C=O) groups is 3. The molecule has 7 heterocycles. The van der Waals surface area contributed by atoms with Gasteiger partial charge < -0.3 is 40.8 Å². The van der Waals surface area contributed by atoms with Crippen LogP contribution in [0, 0.1) is 0 Å². The highest BCUT2D eigenvalue weighted by molar-refractivity contribution is 6.68. The minimum atomic E-state index is -4.52. The van der Waals surface area contributed by atoms with Crippen molar-refractivity contribution < 1.29 is 78.0 Å². The number of rotatable bonds is 10. The number of nitrogens with two attached hydrogens (primary N) is 2. The number of aromatic nitrogens is 7. The van der Waals surface area contributed by atoms with Crippen LogP contribution < -0.4 is 35.7 Å². The lowest BCUT2D eigenvalue weighted by Gasteiger charge is -2.09. The Balaban J connectivity index is 0.000000256. The fraction of sp³-hybridized carbons (Fsp3) is 0.152. The molecule has 0 spiro atoms. The molecule has 0 unspecified atom stereocenters. The van der Waals surface area contributed by atoms with Crippen LogP contribution in [0.5, 0.6) is 23.5 Å². The van der Waals surface area contributed by atoms with Crippen molar-refractivity contribution in [2.45, 2.75) is 18.5 Å². The summed E-state index contributed by atoms with van der Waals surface area (Å²) in [6.45, 7) is 0. The first-order valence-corrected chi connectivity index (χ1v) is 20.6. The van der Waals surface area contributed by atoms with Crippen molar-refractivity contribution in [3.63, 3.8) is 0 Å². The Kier molecular flexibility index (Phi) is 22.5. The summed E-state index contributed by atoms with van der Waals surface area (Å²) in [5.41, 5.74) is 9.54. The first kappa shape index (κ1) is 60.1. The Bertz CT molecular complexity index is 2930. The van der Waals surface area contributed by atoms with Gasteiger partial charge in [-0.2, -0.15) is 39.5 Å². The van der Waals surface area contributed by atoms with E-state index in [1.54, 1.807) is 36.4 Å². The molecule has 0 fully saturated rings. The first-order chi connectivity index (χ1) is 35.3. The summed E-state index contributed by atoms with van der Waals surface area (Å²) in [6, 6.07) is 18.4. The maximum atomic E-state index is 12.4. The van der Waals surface area contributed by atoms with Crippen molar-refractivity contribution in [2.24, 2.45) is 10.7 Å². The van der Waals surface area contributed by atoms with Crippen LogP contribution in [0.2, 0.25) is 0 Å². The van der Waals surface area contributed by atoms with Gasteiger partial charge in [-0.1, -0.05) is 0 Å². The fourth-order valence-corrected chi connectivity index (χ4v) is 5.26. The Morgan fingerprint density at radius 2 is 0.920 bits per heavy atom. The summed E-state index contributed by atoms with van der Waals surface area (Å²) < 4.78 is 129. The van der Waals surface area contributed by atoms with E-state index in [9.17, 15) is 53.9 Å². The molecule has 0 saturated heterocycles. The predicted octanol–water partition coefficient (Wildman–Crippen LogP) is 9.24. The van der Waals surface area contributed by atoms with E-state index in [-0.39, 0.29) is 63.1 Å². The minimum absolute atomic E-state index is 0.0708. The van der Waals surface area contributed by atoms with Gasteiger partial charge >= 0.3 is 24.5 Å². The number of alkyl halides is 9. The lowest BCUT2D eigenvalue weighted by molar-refractivity contribution is -0.141.